The van der Waals surface area contributed by atoms with Crippen LogP contribution in [-0.2, 0) is 0 Å². The van der Waals surface area contributed by atoms with Gasteiger partial charge in [-0.1, -0.05) is 6.07 Å². The third-order valence-electron chi connectivity index (χ3n) is 2.92. The molecule has 2 atom stereocenters. The molecule has 0 saturated carbocycles. The molecule has 3 nitrogen and oxygen atoms in total. The first-order valence-corrected chi connectivity index (χ1v) is 7.85. The van der Waals surface area contributed by atoms with Gasteiger partial charge in [-0.15, -0.1) is 11.3 Å². The zero-order valence-corrected chi connectivity index (χ0v) is 13.7. The normalized spacial score (nSPS) is 13.6. The Kier molecular flexibility index (Phi) is 4.81. The SMILES string of the molecule is Cc1ccc(C#N)cc1OC(c1cc(Br)cs1)C(C)N. The van der Waals surface area contributed by atoms with E-state index in [2.05, 4.69) is 22.0 Å². The van der Waals surface area contributed by atoms with Gasteiger partial charge in [-0.2, -0.15) is 5.26 Å². The van der Waals surface area contributed by atoms with Crippen LogP contribution in [0, 0.1) is 18.3 Å². The number of hydrogen-bond acceptors (Lipinski definition) is 4. The Morgan fingerprint density at radius 1 is 1.40 bits per heavy atom. The van der Waals surface area contributed by atoms with Crippen LogP contribution in [0.4, 0.5) is 0 Å². The lowest BCUT2D eigenvalue weighted by Gasteiger charge is -2.22. The second kappa shape index (κ2) is 6.40. The number of halogens is 1. The Labute approximate surface area is 131 Å². The van der Waals surface area contributed by atoms with Crippen LogP contribution < -0.4 is 10.5 Å². The summed E-state index contributed by atoms with van der Waals surface area (Å²) in [6.07, 6.45) is -0.223. The van der Waals surface area contributed by atoms with Crippen molar-refractivity contribution in [2.75, 3.05) is 0 Å². The molecule has 0 fully saturated rings. The number of nitrogens with zero attached hydrogens (tertiary/aromatic N) is 1. The largest absolute Gasteiger partial charge is 0.483 e. The summed E-state index contributed by atoms with van der Waals surface area (Å²) in [5, 5.41) is 11.0. The summed E-state index contributed by atoms with van der Waals surface area (Å²) in [6, 6.07) is 9.42. The summed E-state index contributed by atoms with van der Waals surface area (Å²) in [6.45, 7) is 3.88. The predicted molar refractivity (Wildman–Crippen MR) is 84.9 cm³/mol. The van der Waals surface area contributed by atoms with Gasteiger partial charge < -0.3 is 10.5 Å². The molecule has 0 saturated heterocycles. The summed E-state index contributed by atoms with van der Waals surface area (Å²) in [5.41, 5.74) is 7.62. The number of aryl methyl sites for hydroxylation is 1. The summed E-state index contributed by atoms with van der Waals surface area (Å²) < 4.78 is 7.08. The Morgan fingerprint density at radius 3 is 2.70 bits per heavy atom. The molecule has 0 spiro atoms. The number of rotatable bonds is 4. The van der Waals surface area contributed by atoms with Crippen LogP contribution >= 0.6 is 27.3 Å². The third kappa shape index (κ3) is 3.40. The lowest BCUT2D eigenvalue weighted by atomic mass is 10.1. The van der Waals surface area contributed by atoms with E-state index in [0.717, 1.165) is 14.9 Å². The fourth-order valence-corrected chi connectivity index (χ4v) is 3.42. The Bertz CT molecular complexity index is 646. The van der Waals surface area contributed by atoms with E-state index in [1.165, 1.54) is 0 Å². The van der Waals surface area contributed by atoms with Gasteiger partial charge in [-0.05, 0) is 53.5 Å². The molecule has 0 amide bonds. The van der Waals surface area contributed by atoms with Crippen molar-refractivity contribution >= 4 is 27.3 Å². The van der Waals surface area contributed by atoms with Gasteiger partial charge in [0.15, 0.2) is 0 Å². The molecule has 104 valence electrons. The number of thiophene rings is 1. The summed E-state index contributed by atoms with van der Waals surface area (Å²) >= 11 is 5.05. The molecule has 1 heterocycles. The van der Waals surface area contributed by atoms with Gasteiger partial charge in [-0.25, -0.2) is 0 Å². The molecule has 5 heteroatoms. The molecular formula is C15H15BrN2OS. The molecule has 2 aromatic rings. The maximum absolute atomic E-state index is 8.98. The molecular weight excluding hydrogens is 336 g/mol. The molecule has 1 aromatic heterocycles. The quantitative estimate of drug-likeness (QED) is 0.900. The van der Waals surface area contributed by atoms with Crippen molar-refractivity contribution in [2.45, 2.75) is 26.0 Å². The molecule has 1 aromatic carbocycles. The fourth-order valence-electron chi connectivity index (χ4n) is 1.84. The van der Waals surface area contributed by atoms with Gasteiger partial charge in [0.25, 0.3) is 0 Å². The Balaban J connectivity index is 2.32. The van der Waals surface area contributed by atoms with Crippen LogP contribution in [0.3, 0.4) is 0 Å². The standard InChI is InChI=1S/C15H15BrN2OS/c1-9-3-4-11(7-17)5-13(9)19-15(10(2)18)14-6-12(16)8-20-14/h3-6,8,10,15H,18H2,1-2H3. The minimum absolute atomic E-state index is 0.148. The van der Waals surface area contributed by atoms with Gasteiger partial charge in [0.2, 0.25) is 0 Å². The maximum atomic E-state index is 8.98. The highest BCUT2D eigenvalue weighted by Crippen LogP contribution is 2.32. The van der Waals surface area contributed by atoms with Crippen LogP contribution in [0.15, 0.2) is 34.1 Å². The highest BCUT2D eigenvalue weighted by atomic mass is 79.9. The van der Waals surface area contributed by atoms with E-state index < -0.39 is 0 Å². The average molecular weight is 351 g/mol. The second-order valence-corrected chi connectivity index (χ2v) is 6.52. The van der Waals surface area contributed by atoms with Crippen molar-refractivity contribution in [1.82, 2.24) is 0 Å². The molecule has 20 heavy (non-hydrogen) atoms. The van der Waals surface area contributed by atoms with Crippen LogP contribution in [0.2, 0.25) is 0 Å². The van der Waals surface area contributed by atoms with Crippen LogP contribution in [0.25, 0.3) is 0 Å². The molecule has 0 aliphatic carbocycles. The number of ether oxygens (including phenoxy) is 1. The van der Waals surface area contributed by atoms with E-state index in [4.69, 9.17) is 15.7 Å². The lowest BCUT2D eigenvalue weighted by Crippen LogP contribution is -2.28. The summed E-state index contributed by atoms with van der Waals surface area (Å²) in [5.74, 6) is 0.705. The maximum Gasteiger partial charge on any atom is 0.148 e. The first-order chi connectivity index (χ1) is 9.51. The van der Waals surface area contributed by atoms with E-state index in [-0.39, 0.29) is 12.1 Å². The predicted octanol–water partition coefficient (Wildman–Crippen LogP) is 4.16. The van der Waals surface area contributed by atoms with Crippen molar-refractivity contribution < 1.29 is 4.74 Å². The highest BCUT2D eigenvalue weighted by molar-refractivity contribution is 9.10. The number of hydrogen-bond donors (Lipinski definition) is 1. The first-order valence-electron chi connectivity index (χ1n) is 6.18. The van der Waals surface area contributed by atoms with Gasteiger partial charge in [-0.3, -0.25) is 0 Å². The zero-order valence-electron chi connectivity index (χ0n) is 11.3. The highest BCUT2D eigenvalue weighted by Gasteiger charge is 2.21. The summed E-state index contributed by atoms with van der Waals surface area (Å²) in [7, 11) is 0. The van der Waals surface area contributed by atoms with Crippen molar-refractivity contribution in [3.63, 3.8) is 0 Å². The van der Waals surface area contributed by atoms with Crippen LogP contribution in [0.1, 0.15) is 29.0 Å². The number of nitrogens with two attached hydrogens (primary N) is 1. The smallest absolute Gasteiger partial charge is 0.148 e. The van der Waals surface area contributed by atoms with E-state index in [1.807, 2.05) is 31.4 Å². The number of benzene rings is 1. The molecule has 0 radical (unpaired) electrons. The van der Waals surface area contributed by atoms with E-state index in [1.54, 1.807) is 23.5 Å². The van der Waals surface area contributed by atoms with Crippen molar-refractivity contribution in [3.8, 4) is 11.8 Å². The van der Waals surface area contributed by atoms with E-state index in [0.29, 0.717) is 11.3 Å². The van der Waals surface area contributed by atoms with E-state index in [9.17, 15) is 0 Å². The second-order valence-electron chi connectivity index (χ2n) is 4.66. The van der Waals surface area contributed by atoms with Gasteiger partial charge >= 0.3 is 0 Å². The fraction of sp³-hybridized carbons (Fsp3) is 0.267. The monoisotopic (exact) mass is 350 g/mol. The van der Waals surface area contributed by atoms with Crippen molar-refractivity contribution in [2.24, 2.45) is 5.73 Å². The molecule has 2 unspecified atom stereocenters. The molecule has 2 rings (SSSR count). The molecule has 0 aliphatic heterocycles. The minimum atomic E-state index is -0.223. The van der Waals surface area contributed by atoms with Crippen molar-refractivity contribution in [1.29, 1.82) is 5.26 Å². The van der Waals surface area contributed by atoms with Gasteiger partial charge in [0, 0.05) is 20.8 Å². The van der Waals surface area contributed by atoms with Crippen molar-refractivity contribution in [3.05, 3.63) is 50.1 Å². The van der Waals surface area contributed by atoms with Gasteiger partial charge in [0.1, 0.15) is 11.9 Å². The Morgan fingerprint density at radius 2 is 2.15 bits per heavy atom. The topological polar surface area (TPSA) is 59.0 Å². The zero-order chi connectivity index (χ0) is 14.7. The Hall–Kier alpha value is -1.35. The molecule has 2 N–H and O–H groups in total. The lowest BCUT2D eigenvalue weighted by molar-refractivity contribution is 0.183. The number of nitriles is 1. The minimum Gasteiger partial charge on any atom is -0.483 e. The van der Waals surface area contributed by atoms with Crippen LogP contribution in [0.5, 0.6) is 5.75 Å². The molecule has 0 bridgehead atoms. The third-order valence-corrected chi connectivity index (χ3v) is 4.67. The van der Waals surface area contributed by atoms with E-state index >= 15 is 0 Å². The first kappa shape index (κ1) is 15.0. The van der Waals surface area contributed by atoms with Gasteiger partial charge in [0.05, 0.1) is 11.6 Å². The molecule has 0 aliphatic rings. The summed E-state index contributed by atoms with van der Waals surface area (Å²) in [4.78, 5) is 1.06. The van der Waals surface area contributed by atoms with Crippen LogP contribution in [-0.4, -0.2) is 6.04 Å². The average Bonchev–Trinajstić information content (AvgIpc) is 2.83.